The molecule has 0 unspecified atom stereocenters. The summed E-state index contributed by atoms with van der Waals surface area (Å²) in [5.41, 5.74) is 8.69. The third-order valence-electron chi connectivity index (χ3n) is 2.58. The van der Waals surface area contributed by atoms with Gasteiger partial charge in [0.1, 0.15) is 0 Å². The third-order valence-corrected chi connectivity index (χ3v) is 2.58. The maximum Gasteiger partial charge on any atom is 0.0381 e. The van der Waals surface area contributed by atoms with E-state index in [2.05, 4.69) is 30.8 Å². The topological polar surface area (TPSA) is 48.8 Å². The first kappa shape index (κ1) is 9.40. The quantitative estimate of drug-likeness (QED) is 0.326. The van der Waals surface area contributed by atoms with Gasteiger partial charge in [0, 0.05) is 11.0 Å². The minimum absolute atomic E-state index is 0.230. The Hall–Kier alpha value is -0.690. The lowest BCUT2D eigenvalue weighted by Crippen LogP contribution is -2.29. The van der Waals surface area contributed by atoms with Crippen LogP contribution in [0.2, 0.25) is 0 Å². The highest BCUT2D eigenvalue weighted by Gasteiger charge is 2.31. The minimum atomic E-state index is 0.230. The molecule has 12 heavy (non-hydrogen) atoms. The highest BCUT2D eigenvalue weighted by molar-refractivity contribution is 4.86. The van der Waals surface area contributed by atoms with Crippen LogP contribution in [0.3, 0.4) is 0 Å². The summed E-state index contributed by atoms with van der Waals surface area (Å²) >= 11 is 0. The van der Waals surface area contributed by atoms with Gasteiger partial charge in [0.15, 0.2) is 0 Å². The average Bonchev–Trinajstić information content (AvgIpc) is 1.82. The molecule has 0 heterocycles. The third kappa shape index (κ3) is 2.42. The van der Waals surface area contributed by atoms with Crippen LogP contribution in [-0.2, 0) is 0 Å². The molecular formula is C9H17N3. The molecule has 1 aliphatic rings. The molecule has 1 saturated carbocycles. The molecule has 0 aromatic carbocycles. The zero-order chi connectivity index (χ0) is 9.19. The van der Waals surface area contributed by atoms with E-state index in [1.807, 2.05) is 0 Å². The first-order valence-electron chi connectivity index (χ1n) is 4.58. The van der Waals surface area contributed by atoms with E-state index in [9.17, 15) is 0 Å². The van der Waals surface area contributed by atoms with Gasteiger partial charge in [0.2, 0.25) is 0 Å². The molecule has 3 heteroatoms. The van der Waals surface area contributed by atoms with Crippen molar-refractivity contribution in [1.82, 2.24) is 0 Å². The van der Waals surface area contributed by atoms with Crippen molar-refractivity contribution in [2.45, 2.75) is 46.1 Å². The van der Waals surface area contributed by atoms with Crippen molar-refractivity contribution < 1.29 is 0 Å². The normalized spacial score (nSPS) is 33.9. The molecule has 0 aliphatic heterocycles. The fourth-order valence-corrected chi connectivity index (χ4v) is 2.46. The Balaban J connectivity index is 2.63. The predicted octanol–water partition coefficient (Wildman–Crippen LogP) is 3.51. The number of hydrogen-bond donors (Lipinski definition) is 0. The molecule has 0 spiro atoms. The average molecular weight is 167 g/mol. The first-order valence-corrected chi connectivity index (χ1v) is 4.58. The second-order valence-electron chi connectivity index (χ2n) is 4.77. The lowest BCUT2D eigenvalue weighted by atomic mass is 9.71. The molecule has 3 nitrogen and oxygen atoms in total. The van der Waals surface area contributed by atoms with Crippen LogP contribution in [0.4, 0.5) is 0 Å². The van der Waals surface area contributed by atoms with Crippen LogP contribution < -0.4 is 0 Å². The molecule has 0 saturated heterocycles. The van der Waals surface area contributed by atoms with Crippen molar-refractivity contribution in [3.63, 3.8) is 0 Å². The predicted molar refractivity (Wildman–Crippen MR) is 49.7 cm³/mol. The van der Waals surface area contributed by atoms with Gasteiger partial charge in [-0.3, -0.25) is 0 Å². The number of nitrogens with zero attached hydrogens (tertiary/aromatic N) is 3. The van der Waals surface area contributed by atoms with Crippen LogP contribution >= 0.6 is 0 Å². The van der Waals surface area contributed by atoms with Gasteiger partial charge in [0.05, 0.1) is 0 Å². The fourth-order valence-electron chi connectivity index (χ4n) is 2.46. The van der Waals surface area contributed by atoms with Crippen molar-refractivity contribution >= 4 is 0 Å². The zero-order valence-electron chi connectivity index (χ0n) is 8.12. The highest BCUT2D eigenvalue weighted by atomic mass is 15.1. The van der Waals surface area contributed by atoms with Crippen molar-refractivity contribution in [2.75, 3.05) is 0 Å². The standard InChI is InChI=1S/C9H17N3/c1-7-4-8(11-12-10)6-9(2,3)5-7/h7-8H,4-6H2,1-3H3/t7-,8-/m0/s1. The maximum atomic E-state index is 8.33. The van der Waals surface area contributed by atoms with E-state index in [4.69, 9.17) is 5.53 Å². The van der Waals surface area contributed by atoms with E-state index < -0.39 is 0 Å². The Morgan fingerprint density at radius 2 is 2.08 bits per heavy atom. The Kier molecular flexibility index (Phi) is 2.63. The van der Waals surface area contributed by atoms with E-state index in [1.165, 1.54) is 6.42 Å². The maximum absolute atomic E-state index is 8.33. The van der Waals surface area contributed by atoms with Crippen LogP contribution in [0.1, 0.15) is 40.0 Å². The smallest absolute Gasteiger partial charge is 0.0381 e. The lowest BCUT2D eigenvalue weighted by molar-refractivity contribution is 0.170. The number of hydrogen-bond acceptors (Lipinski definition) is 1. The molecule has 1 fully saturated rings. The van der Waals surface area contributed by atoms with Gasteiger partial charge in [0.25, 0.3) is 0 Å². The molecule has 0 N–H and O–H groups in total. The van der Waals surface area contributed by atoms with Gasteiger partial charge in [-0.1, -0.05) is 25.9 Å². The molecule has 0 bridgehead atoms. The van der Waals surface area contributed by atoms with E-state index in [0.717, 1.165) is 12.8 Å². The first-order chi connectivity index (χ1) is 5.53. The van der Waals surface area contributed by atoms with E-state index in [1.54, 1.807) is 0 Å². The molecule has 1 aliphatic carbocycles. The zero-order valence-corrected chi connectivity index (χ0v) is 8.12. The van der Waals surface area contributed by atoms with Gasteiger partial charge in [-0.2, -0.15) is 0 Å². The summed E-state index contributed by atoms with van der Waals surface area (Å²) in [6.07, 6.45) is 3.36. The van der Waals surface area contributed by atoms with Gasteiger partial charge in [-0.15, -0.1) is 0 Å². The van der Waals surface area contributed by atoms with Crippen molar-refractivity contribution in [2.24, 2.45) is 16.4 Å². The molecule has 1 rings (SSSR count). The Morgan fingerprint density at radius 1 is 1.42 bits per heavy atom. The van der Waals surface area contributed by atoms with E-state index >= 15 is 0 Å². The van der Waals surface area contributed by atoms with Crippen LogP contribution in [0.5, 0.6) is 0 Å². The van der Waals surface area contributed by atoms with Crippen molar-refractivity contribution in [3.8, 4) is 0 Å². The van der Waals surface area contributed by atoms with Crippen molar-refractivity contribution in [1.29, 1.82) is 0 Å². The summed E-state index contributed by atoms with van der Waals surface area (Å²) in [5, 5.41) is 3.81. The molecule has 0 amide bonds. The van der Waals surface area contributed by atoms with Crippen LogP contribution in [0.25, 0.3) is 10.4 Å². The second kappa shape index (κ2) is 3.36. The molecule has 0 aromatic heterocycles. The van der Waals surface area contributed by atoms with E-state index in [0.29, 0.717) is 11.3 Å². The summed E-state index contributed by atoms with van der Waals surface area (Å²) in [7, 11) is 0. The Bertz CT molecular complexity index is 204. The fraction of sp³-hybridized carbons (Fsp3) is 1.00. The molecule has 2 atom stereocenters. The van der Waals surface area contributed by atoms with Gasteiger partial charge >= 0.3 is 0 Å². The van der Waals surface area contributed by atoms with Gasteiger partial charge in [-0.05, 0) is 36.1 Å². The largest absolute Gasteiger partial charge is 0.0906 e. The molecule has 0 radical (unpaired) electrons. The lowest BCUT2D eigenvalue weighted by Gasteiger charge is -2.37. The minimum Gasteiger partial charge on any atom is -0.0906 e. The van der Waals surface area contributed by atoms with Gasteiger partial charge in [-0.25, -0.2) is 0 Å². The highest BCUT2D eigenvalue weighted by Crippen LogP contribution is 2.39. The molecule has 0 aromatic rings. The summed E-state index contributed by atoms with van der Waals surface area (Å²) < 4.78 is 0. The van der Waals surface area contributed by atoms with Crippen LogP contribution in [0, 0.1) is 11.3 Å². The Morgan fingerprint density at radius 3 is 2.58 bits per heavy atom. The SMILES string of the molecule is C[C@H]1C[C@H](N=[N+]=[N-])CC(C)(C)C1. The van der Waals surface area contributed by atoms with E-state index in [-0.39, 0.29) is 6.04 Å². The summed E-state index contributed by atoms with van der Waals surface area (Å²) in [4.78, 5) is 2.88. The van der Waals surface area contributed by atoms with Crippen LogP contribution in [-0.4, -0.2) is 6.04 Å². The molecule has 68 valence electrons. The Labute approximate surface area is 73.8 Å². The van der Waals surface area contributed by atoms with Gasteiger partial charge < -0.3 is 0 Å². The molecular weight excluding hydrogens is 150 g/mol. The van der Waals surface area contributed by atoms with Crippen molar-refractivity contribution in [3.05, 3.63) is 10.4 Å². The monoisotopic (exact) mass is 167 g/mol. The number of rotatable bonds is 1. The van der Waals surface area contributed by atoms with Crippen LogP contribution in [0.15, 0.2) is 5.11 Å². The summed E-state index contributed by atoms with van der Waals surface area (Å²) in [5.74, 6) is 0.698. The summed E-state index contributed by atoms with van der Waals surface area (Å²) in [6, 6.07) is 0.230. The second-order valence-corrected chi connectivity index (χ2v) is 4.77. The number of azide groups is 1. The summed E-state index contributed by atoms with van der Waals surface area (Å²) in [6.45, 7) is 6.74.